The summed E-state index contributed by atoms with van der Waals surface area (Å²) in [5.74, 6) is -0.0201. The normalized spacial score (nSPS) is 10.3. The SMILES string of the molecule is CN(Cc1ccc(Br)cc1)c1cccc(Cl)c1C(=N)N. The van der Waals surface area contributed by atoms with Gasteiger partial charge in [0.1, 0.15) is 5.84 Å². The summed E-state index contributed by atoms with van der Waals surface area (Å²) in [5, 5.41) is 8.18. The number of amidine groups is 1. The van der Waals surface area contributed by atoms with E-state index in [0.717, 1.165) is 10.2 Å². The minimum absolute atomic E-state index is 0.0201. The summed E-state index contributed by atoms with van der Waals surface area (Å²) in [5.41, 5.74) is 8.24. The second kappa shape index (κ2) is 6.29. The molecule has 0 amide bonds. The molecule has 0 bridgehead atoms. The first kappa shape index (κ1) is 14.9. The Hall–Kier alpha value is -1.52. The molecule has 2 aromatic rings. The molecule has 0 aliphatic heterocycles. The van der Waals surface area contributed by atoms with E-state index in [-0.39, 0.29) is 5.84 Å². The first-order valence-electron chi connectivity index (χ1n) is 6.07. The van der Waals surface area contributed by atoms with Crippen LogP contribution in [0.15, 0.2) is 46.9 Å². The van der Waals surface area contributed by atoms with E-state index in [4.69, 9.17) is 22.7 Å². The van der Waals surface area contributed by atoms with Crippen molar-refractivity contribution in [1.29, 1.82) is 5.41 Å². The van der Waals surface area contributed by atoms with E-state index >= 15 is 0 Å². The molecule has 3 N–H and O–H groups in total. The highest BCUT2D eigenvalue weighted by molar-refractivity contribution is 9.10. The number of nitrogens with zero attached hydrogens (tertiary/aromatic N) is 1. The second-order valence-electron chi connectivity index (χ2n) is 4.53. The van der Waals surface area contributed by atoms with Crippen molar-refractivity contribution in [2.45, 2.75) is 6.54 Å². The van der Waals surface area contributed by atoms with Crippen LogP contribution >= 0.6 is 27.5 Å². The number of rotatable bonds is 4. The highest BCUT2D eigenvalue weighted by atomic mass is 79.9. The van der Waals surface area contributed by atoms with Crippen molar-refractivity contribution >= 4 is 39.1 Å². The highest BCUT2D eigenvalue weighted by Gasteiger charge is 2.13. The van der Waals surface area contributed by atoms with Gasteiger partial charge in [-0.05, 0) is 29.8 Å². The van der Waals surface area contributed by atoms with E-state index in [0.29, 0.717) is 17.1 Å². The van der Waals surface area contributed by atoms with Gasteiger partial charge < -0.3 is 10.6 Å². The maximum atomic E-state index is 7.68. The number of hydrogen-bond donors (Lipinski definition) is 2. The van der Waals surface area contributed by atoms with Gasteiger partial charge in [0.2, 0.25) is 0 Å². The van der Waals surface area contributed by atoms with Crippen molar-refractivity contribution in [2.24, 2.45) is 5.73 Å². The topological polar surface area (TPSA) is 53.1 Å². The van der Waals surface area contributed by atoms with Gasteiger partial charge in [0.25, 0.3) is 0 Å². The van der Waals surface area contributed by atoms with E-state index in [9.17, 15) is 0 Å². The number of anilines is 1. The minimum atomic E-state index is -0.0201. The zero-order chi connectivity index (χ0) is 14.7. The van der Waals surface area contributed by atoms with E-state index in [2.05, 4.69) is 28.1 Å². The minimum Gasteiger partial charge on any atom is -0.384 e. The number of nitrogens with one attached hydrogen (secondary N) is 1. The lowest BCUT2D eigenvalue weighted by Crippen LogP contribution is -2.22. The summed E-state index contributed by atoms with van der Waals surface area (Å²) in [6.45, 7) is 0.716. The second-order valence-corrected chi connectivity index (χ2v) is 5.85. The van der Waals surface area contributed by atoms with Crippen molar-refractivity contribution in [3.63, 3.8) is 0 Å². The molecule has 0 radical (unpaired) electrons. The van der Waals surface area contributed by atoms with Gasteiger partial charge in [0.15, 0.2) is 0 Å². The Bertz CT molecular complexity index is 626. The molecule has 0 atom stereocenters. The summed E-state index contributed by atoms with van der Waals surface area (Å²) < 4.78 is 1.05. The number of nitrogen functional groups attached to an aromatic ring is 1. The van der Waals surface area contributed by atoms with Crippen LogP contribution in [0.5, 0.6) is 0 Å². The fraction of sp³-hybridized carbons (Fsp3) is 0.133. The molecule has 0 saturated heterocycles. The predicted molar refractivity (Wildman–Crippen MR) is 88.7 cm³/mol. The summed E-state index contributed by atoms with van der Waals surface area (Å²) in [6, 6.07) is 13.6. The third-order valence-electron chi connectivity index (χ3n) is 3.01. The first-order chi connectivity index (χ1) is 9.49. The lowest BCUT2D eigenvalue weighted by atomic mass is 10.1. The molecule has 2 rings (SSSR count). The standard InChI is InChI=1S/C15H15BrClN3/c1-20(9-10-5-7-11(16)8-6-10)13-4-2-3-12(17)14(13)15(18)19/h2-8H,9H2,1H3,(H3,18,19). The zero-order valence-corrected chi connectivity index (χ0v) is 13.4. The molecular formula is C15H15BrClN3. The van der Waals surface area contributed by atoms with Crippen LogP contribution in [-0.2, 0) is 6.54 Å². The van der Waals surface area contributed by atoms with Crippen LogP contribution < -0.4 is 10.6 Å². The smallest absolute Gasteiger partial charge is 0.126 e. The van der Waals surface area contributed by atoms with Crippen LogP contribution in [-0.4, -0.2) is 12.9 Å². The van der Waals surface area contributed by atoms with Crippen LogP contribution in [0.1, 0.15) is 11.1 Å². The molecular weight excluding hydrogens is 338 g/mol. The highest BCUT2D eigenvalue weighted by Crippen LogP contribution is 2.27. The molecule has 104 valence electrons. The van der Waals surface area contributed by atoms with Crippen LogP contribution in [0.25, 0.3) is 0 Å². The largest absolute Gasteiger partial charge is 0.384 e. The predicted octanol–water partition coefficient (Wildman–Crippen LogP) is 4.02. The Balaban J connectivity index is 2.29. The van der Waals surface area contributed by atoms with E-state index < -0.39 is 0 Å². The van der Waals surface area contributed by atoms with Gasteiger partial charge in [0.05, 0.1) is 10.6 Å². The fourth-order valence-corrected chi connectivity index (χ4v) is 2.58. The molecule has 3 nitrogen and oxygen atoms in total. The quantitative estimate of drug-likeness (QED) is 0.645. The molecule has 0 aliphatic rings. The Morgan fingerprint density at radius 1 is 1.25 bits per heavy atom. The fourth-order valence-electron chi connectivity index (χ4n) is 2.05. The molecule has 0 unspecified atom stereocenters. The maximum absolute atomic E-state index is 7.68. The third-order valence-corrected chi connectivity index (χ3v) is 3.85. The lowest BCUT2D eigenvalue weighted by Gasteiger charge is -2.23. The van der Waals surface area contributed by atoms with Gasteiger partial charge in [-0.3, -0.25) is 5.41 Å². The monoisotopic (exact) mass is 351 g/mol. The van der Waals surface area contributed by atoms with Gasteiger partial charge in [-0.25, -0.2) is 0 Å². The van der Waals surface area contributed by atoms with Gasteiger partial charge in [0, 0.05) is 23.8 Å². The van der Waals surface area contributed by atoms with E-state index in [1.807, 2.05) is 36.2 Å². The molecule has 0 aliphatic carbocycles. The van der Waals surface area contributed by atoms with Gasteiger partial charge in [-0.2, -0.15) is 0 Å². The van der Waals surface area contributed by atoms with Crippen molar-refractivity contribution in [3.05, 3.63) is 63.1 Å². The van der Waals surface area contributed by atoms with Crippen LogP contribution in [0.3, 0.4) is 0 Å². The van der Waals surface area contributed by atoms with Gasteiger partial charge in [-0.1, -0.05) is 45.7 Å². The summed E-state index contributed by atoms with van der Waals surface area (Å²) in [6.07, 6.45) is 0. The Kier molecular flexibility index (Phi) is 4.68. The molecule has 5 heteroatoms. The Morgan fingerprint density at radius 2 is 1.90 bits per heavy atom. The van der Waals surface area contributed by atoms with Gasteiger partial charge in [-0.15, -0.1) is 0 Å². The van der Waals surface area contributed by atoms with Crippen molar-refractivity contribution in [1.82, 2.24) is 0 Å². The van der Waals surface area contributed by atoms with Crippen LogP contribution in [0.4, 0.5) is 5.69 Å². The van der Waals surface area contributed by atoms with Crippen molar-refractivity contribution in [3.8, 4) is 0 Å². The molecule has 20 heavy (non-hydrogen) atoms. The number of benzene rings is 2. The van der Waals surface area contributed by atoms with Crippen LogP contribution in [0.2, 0.25) is 5.02 Å². The van der Waals surface area contributed by atoms with E-state index in [1.165, 1.54) is 5.56 Å². The molecule has 0 saturated carbocycles. The summed E-state index contributed by atoms with van der Waals surface area (Å²) >= 11 is 9.56. The molecule has 0 fully saturated rings. The first-order valence-corrected chi connectivity index (χ1v) is 7.24. The lowest BCUT2D eigenvalue weighted by molar-refractivity contribution is 0.921. The maximum Gasteiger partial charge on any atom is 0.126 e. The third kappa shape index (κ3) is 3.32. The van der Waals surface area contributed by atoms with Crippen molar-refractivity contribution < 1.29 is 0 Å². The Labute approximate surface area is 132 Å². The number of nitrogens with two attached hydrogens (primary N) is 1. The average molecular weight is 353 g/mol. The summed E-state index contributed by atoms with van der Waals surface area (Å²) in [4.78, 5) is 2.03. The molecule has 0 aromatic heterocycles. The average Bonchev–Trinajstić information content (AvgIpc) is 2.40. The molecule has 0 spiro atoms. The van der Waals surface area contributed by atoms with Crippen LogP contribution in [0, 0.1) is 5.41 Å². The van der Waals surface area contributed by atoms with E-state index in [1.54, 1.807) is 6.07 Å². The number of halogens is 2. The summed E-state index contributed by atoms with van der Waals surface area (Å²) in [7, 11) is 1.96. The zero-order valence-electron chi connectivity index (χ0n) is 11.0. The van der Waals surface area contributed by atoms with Crippen molar-refractivity contribution in [2.75, 3.05) is 11.9 Å². The Morgan fingerprint density at radius 3 is 2.50 bits per heavy atom. The molecule has 2 aromatic carbocycles. The van der Waals surface area contributed by atoms with Gasteiger partial charge >= 0.3 is 0 Å². The number of hydrogen-bond acceptors (Lipinski definition) is 2. The molecule has 0 heterocycles.